The molecule has 4 rings (SSSR count). The summed E-state index contributed by atoms with van der Waals surface area (Å²) in [7, 11) is -3.70. The summed E-state index contributed by atoms with van der Waals surface area (Å²) in [6, 6.07) is 14.5. The lowest BCUT2D eigenvalue weighted by Crippen LogP contribution is -2.23. The Bertz CT molecular complexity index is 1130. The van der Waals surface area contributed by atoms with Crippen molar-refractivity contribution in [1.82, 2.24) is 0 Å². The Kier molecular flexibility index (Phi) is 4.70. The van der Waals surface area contributed by atoms with Gasteiger partial charge in [-0.05, 0) is 36.8 Å². The van der Waals surface area contributed by atoms with Crippen molar-refractivity contribution in [2.45, 2.75) is 29.1 Å². The molecule has 0 saturated carbocycles. The van der Waals surface area contributed by atoms with Crippen LogP contribution in [0.5, 0.6) is 0 Å². The van der Waals surface area contributed by atoms with Gasteiger partial charge in [0.25, 0.3) is 0 Å². The van der Waals surface area contributed by atoms with Gasteiger partial charge in [-0.1, -0.05) is 45.8 Å². The quantitative estimate of drug-likeness (QED) is 0.587. The predicted octanol–water partition coefficient (Wildman–Crippen LogP) is 5.13. The molecule has 27 heavy (non-hydrogen) atoms. The molecule has 1 aliphatic heterocycles. The predicted molar refractivity (Wildman–Crippen MR) is 110 cm³/mol. The fourth-order valence-corrected chi connectivity index (χ4v) is 6.56. The Balaban J connectivity index is 1.83. The van der Waals surface area contributed by atoms with Crippen molar-refractivity contribution in [3.8, 4) is 0 Å². The molecule has 1 aromatic heterocycles. The summed E-state index contributed by atoms with van der Waals surface area (Å²) in [5.41, 5.74) is 2.40. The SMILES string of the molecule is Cc1ccc(S(=O)(=O)c2csc3c2NC(=O)C[C@H]3c2cccc(Br)c2)cc1. The number of rotatable bonds is 3. The van der Waals surface area contributed by atoms with E-state index in [1.807, 2.05) is 31.2 Å². The number of thiophene rings is 1. The highest BCUT2D eigenvalue weighted by Crippen LogP contribution is 2.46. The number of carbonyl (C=O) groups excluding carboxylic acids is 1. The molecule has 3 aromatic rings. The second-order valence-electron chi connectivity index (χ2n) is 6.52. The molecular formula is C20H16BrNO3S2. The lowest BCUT2D eigenvalue weighted by Gasteiger charge is -2.24. The summed E-state index contributed by atoms with van der Waals surface area (Å²) in [5, 5.41) is 4.43. The number of aryl methyl sites for hydroxylation is 1. The Morgan fingerprint density at radius 2 is 1.89 bits per heavy atom. The molecule has 2 heterocycles. The van der Waals surface area contributed by atoms with Crippen LogP contribution >= 0.6 is 27.3 Å². The van der Waals surface area contributed by atoms with E-state index in [-0.39, 0.29) is 21.6 Å². The minimum absolute atomic E-state index is 0.154. The highest BCUT2D eigenvalue weighted by atomic mass is 79.9. The Morgan fingerprint density at radius 1 is 1.15 bits per heavy atom. The van der Waals surface area contributed by atoms with Gasteiger partial charge in [0, 0.05) is 27.1 Å². The highest BCUT2D eigenvalue weighted by molar-refractivity contribution is 9.10. The number of benzene rings is 2. The largest absolute Gasteiger partial charge is 0.324 e. The van der Waals surface area contributed by atoms with Crippen molar-refractivity contribution in [3.63, 3.8) is 0 Å². The smallest absolute Gasteiger partial charge is 0.225 e. The minimum atomic E-state index is -3.70. The maximum absolute atomic E-state index is 13.1. The van der Waals surface area contributed by atoms with Crippen molar-refractivity contribution in [2.75, 3.05) is 5.32 Å². The van der Waals surface area contributed by atoms with Gasteiger partial charge in [0.15, 0.2) is 0 Å². The topological polar surface area (TPSA) is 63.2 Å². The summed E-state index contributed by atoms with van der Waals surface area (Å²) >= 11 is 4.84. The van der Waals surface area contributed by atoms with E-state index in [9.17, 15) is 13.2 Å². The third-order valence-corrected chi connectivity index (χ3v) is 8.16. The van der Waals surface area contributed by atoms with Crippen LogP contribution in [0.15, 0.2) is 68.2 Å². The summed E-state index contributed by atoms with van der Waals surface area (Å²) < 4.78 is 27.2. The van der Waals surface area contributed by atoms with Crippen LogP contribution in [-0.2, 0) is 14.6 Å². The molecule has 138 valence electrons. The second-order valence-corrected chi connectivity index (χ2v) is 10.3. The van der Waals surface area contributed by atoms with Crippen molar-refractivity contribution in [1.29, 1.82) is 0 Å². The van der Waals surface area contributed by atoms with Gasteiger partial charge >= 0.3 is 0 Å². The third-order valence-electron chi connectivity index (χ3n) is 4.63. The van der Waals surface area contributed by atoms with Crippen LogP contribution in [0, 0.1) is 6.92 Å². The number of fused-ring (bicyclic) bond motifs is 1. The molecule has 2 aromatic carbocycles. The van der Waals surface area contributed by atoms with E-state index in [0.717, 1.165) is 20.5 Å². The van der Waals surface area contributed by atoms with Crippen LogP contribution in [0.3, 0.4) is 0 Å². The average molecular weight is 462 g/mol. The summed E-state index contributed by atoms with van der Waals surface area (Å²) in [6.07, 6.45) is 0.300. The van der Waals surface area contributed by atoms with Gasteiger partial charge in [-0.3, -0.25) is 4.79 Å². The molecule has 1 aliphatic rings. The molecular weight excluding hydrogens is 446 g/mol. The van der Waals surface area contributed by atoms with Crippen LogP contribution in [-0.4, -0.2) is 14.3 Å². The number of hydrogen-bond acceptors (Lipinski definition) is 4. The molecule has 1 amide bonds. The minimum Gasteiger partial charge on any atom is -0.324 e. The van der Waals surface area contributed by atoms with Crippen LogP contribution < -0.4 is 5.32 Å². The fourth-order valence-electron chi connectivity index (χ4n) is 3.24. The van der Waals surface area contributed by atoms with E-state index >= 15 is 0 Å². The van der Waals surface area contributed by atoms with E-state index in [4.69, 9.17) is 0 Å². The van der Waals surface area contributed by atoms with E-state index in [2.05, 4.69) is 21.2 Å². The third kappa shape index (κ3) is 3.35. The highest BCUT2D eigenvalue weighted by Gasteiger charge is 2.34. The van der Waals surface area contributed by atoms with Gasteiger partial charge in [-0.2, -0.15) is 0 Å². The molecule has 0 spiro atoms. The standard InChI is InChI=1S/C20H16BrNO3S2/c1-12-5-7-15(8-6-12)27(24,25)17-11-26-20-16(10-18(23)22-19(17)20)13-3-2-4-14(21)9-13/h2-9,11,16H,10H2,1H3,(H,22,23)/t16-/m0/s1. The molecule has 4 nitrogen and oxygen atoms in total. The Labute approximate surface area is 170 Å². The first kappa shape index (κ1) is 18.4. The molecule has 0 bridgehead atoms. The zero-order valence-corrected chi connectivity index (χ0v) is 17.6. The lowest BCUT2D eigenvalue weighted by atomic mass is 9.91. The summed E-state index contributed by atoms with van der Waals surface area (Å²) in [4.78, 5) is 13.6. The van der Waals surface area contributed by atoms with Gasteiger partial charge in [0.1, 0.15) is 4.90 Å². The summed E-state index contributed by atoms with van der Waals surface area (Å²) in [5.74, 6) is -0.329. The van der Waals surface area contributed by atoms with Crippen molar-refractivity contribution in [2.24, 2.45) is 0 Å². The molecule has 1 atom stereocenters. The van der Waals surface area contributed by atoms with Crippen LogP contribution in [0.1, 0.15) is 28.3 Å². The van der Waals surface area contributed by atoms with Gasteiger partial charge < -0.3 is 5.32 Å². The van der Waals surface area contributed by atoms with Gasteiger partial charge in [0.2, 0.25) is 15.7 Å². The maximum atomic E-state index is 13.1. The second kappa shape index (κ2) is 6.89. The van der Waals surface area contributed by atoms with Crippen LogP contribution in [0.25, 0.3) is 0 Å². The molecule has 0 fully saturated rings. The normalized spacial score (nSPS) is 16.7. The van der Waals surface area contributed by atoms with Crippen LogP contribution in [0.4, 0.5) is 5.69 Å². The molecule has 0 radical (unpaired) electrons. The van der Waals surface area contributed by atoms with Crippen LogP contribution in [0.2, 0.25) is 0 Å². The van der Waals surface area contributed by atoms with E-state index in [1.165, 1.54) is 11.3 Å². The molecule has 0 aliphatic carbocycles. The Morgan fingerprint density at radius 3 is 2.59 bits per heavy atom. The fraction of sp³-hybridized carbons (Fsp3) is 0.150. The van der Waals surface area contributed by atoms with E-state index in [0.29, 0.717) is 12.1 Å². The average Bonchev–Trinajstić information content (AvgIpc) is 3.06. The number of sulfone groups is 1. The lowest BCUT2D eigenvalue weighted by molar-refractivity contribution is -0.116. The van der Waals surface area contributed by atoms with Gasteiger partial charge in [-0.25, -0.2) is 8.42 Å². The molecule has 7 heteroatoms. The van der Waals surface area contributed by atoms with Crippen molar-refractivity contribution in [3.05, 3.63) is 74.4 Å². The van der Waals surface area contributed by atoms with Crippen molar-refractivity contribution < 1.29 is 13.2 Å². The summed E-state index contributed by atoms with van der Waals surface area (Å²) in [6.45, 7) is 1.91. The number of amides is 1. The van der Waals surface area contributed by atoms with E-state index in [1.54, 1.807) is 29.6 Å². The van der Waals surface area contributed by atoms with Gasteiger partial charge in [0.05, 0.1) is 10.6 Å². The first-order valence-electron chi connectivity index (χ1n) is 8.35. The molecule has 0 unspecified atom stereocenters. The number of hydrogen-bond donors (Lipinski definition) is 1. The number of anilines is 1. The number of halogens is 1. The van der Waals surface area contributed by atoms with E-state index < -0.39 is 9.84 Å². The van der Waals surface area contributed by atoms with Gasteiger partial charge in [-0.15, -0.1) is 11.3 Å². The molecule has 0 saturated heterocycles. The van der Waals surface area contributed by atoms with Crippen molar-refractivity contribution >= 4 is 48.7 Å². The first-order valence-corrected chi connectivity index (χ1v) is 11.5. The zero-order chi connectivity index (χ0) is 19.2. The molecule has 1 N–H and O–H groups in total. The zero-order valence-electron chi connectivity index (χ0n) is 14.4. The Hall–Kier alpha value is -1.96. The number of nitrogens with one attached hydrogen (secondary N) is 1. The monoisotopic (exact) mass is 461 g/mol. The number of carbonyl (C=O) groups is 1. The maximum Gasteiger partial charge on any atom is 0.225 e. The first-order chi connectivity index (χ1) is 12.9.